The second kappa shape index (κ2) is 4.27. The highest BCUT2D eigenvalue weighted by atomic mass is 15.3. The third-order valence-electron chi connectivity index (χ3n) is 7.37. The van der Waals surface area contributed by atoms with Crippen LogP contribution in [0, 0.1) is 11.8 Å². The number of rotatable bonds is 3. The summed E-state index contributed by atoms with van der Waals surface area (Å²) in [7, 11) is 0. The summed E-state index contributed by atoms with van der Waals surface area (Å²) in [6.45, 7) is 0. The van der Waals surface area contributed by atoms with Gasteiger partial charge < -0.3 is 4.90 Å². The first-order valence-electron chi connectivity index (χ1n) is 9.15. The fourth-order valence-corrected chi connectivity index (χ4v) is 6.58. The van der Waals surface area contributed by atoms with Crippen LogP contribution in [0.25, 0.3) is 0 Å². The van der Waals surface area contributed by atoms with Crippen molar-refractivity contribution in [3.63, 3.8) is 0 Å². The zero-order valence-electron chi connectivity index (χ0n) is 13.1. The molecule has 0 radical (unpaired) electrons. The first kappa shape index (κ1) is 12.6. The smallest absolute Gasteiger partial charge is 0.0411 e. The van der Waals surface area contributed by atoms with Crippen LogP contribution in [0.15, 0.2) is 30.3 Å². The summed E-state index contributed by atoms with van der Waals surface area (Å²) in [6.07, 6.45) is 14.7. The lowest BCUT2D eigenvalue weighted by molar-refractivity contribution is 0.271. The van der Waals surface area contributed by atoms with Gasteiger partial charge in [0.15, 0.2) is 0 Å². The van der Waals surface area contributed by atoms with E-state index in [4.69, 9.17) is 0 Å². The molecule has 0 aromatic heterocycles. The van der Waals surface area contributed by atoms with Gasteiger partial charge in [0.2, 0.25) is 0 Å². The van der Waals surface area contributed by atoms with E-state index in [1.165, 1.54) is 69.9 Å². The number of hydrogen-bond acceptors (Lipinski definition) is 1. The lowest BCUT2D eigenvalue weighted by atomic mass is 9.82. The van der Waals surface area contributed by atoms with Crippen molar-refractivity contribution < 1.29 is 0 Å². The average molecular weight is 281 g/mol. The van der Waals surface area contributed by atoms with Crippen molar-refractivity contribution >= 4 is 5.69 Å². The van der Waals surface area contributed by atoms with Gasteiger partial charge in [-0.25, -0.2) is 0 Å². The van der Waals surface area contributed by atoms with E-state index in [1.54, 1.807) is 0 Å². The first-order chi connectivity index (χ1) is 10.3. The molecule has 0 aliphatic heterocycles. The maximum Gasteiger partial charge on any atom is 0.0411 e. The largest absolute Gasteiger partial charge is 0.360 e. The molecular formula is C20H27N. The summed E-state index contributed by atoms with van der Waals surface area (Å²) in [6, 6.07) is 11.5. The van der Waals surface area contributed by atoms with Gasteiger partial charge in [0.25, 0.3) is 0 Å². The molecule has 5 rings (SSSR count). The van der Waals surface area contributed by atoms with Gasteiger partial charge in [-0.15, -0.1) is 0 Å². The summed E-state index contributed by atoms with van der Waals surface area (Å²) in [5, 5.41) is 0. The van der Waals surface area contributed by atoms with Crippen LogP contribution in [0.4, 0.5) is 5.69 Å². The van der Waals surface area contributed by atoms with E-state index in [2.05, 4.69) is 35.2 Å². The molecule has 0 unspecified atom stereocenters. The summed E-state index contributed by atoms with van der Waals surface area (Å²) in [5.41, 5.74) is 2.57. The number of anilines is 1. The Balaban J connectivity index is 1.62. The SMILES string of the molecule is c1ccc(N(C23CCC(CC2)C3)C23CCC(CC2)C3)cc1. The minimum atomic E-state index is 0.519. The average Bonchev–Trinajstić information content (AvgIpc) is 3.29. The van der Waals surface area contributed by atoms with Crippen molar-refractivity contribution in [3.8, 4) is 0 Å². The van der Waals surface area contributed by atoms with Gasteiger partial charge in [0.05, 0.1) is 0 Å². The molecule has 0 spiro atoms. The Morgan fingerprint density at radius 2 is 1.19 bits per heavy atom. The molecule has 1 heteroatoms. The van der Waals surface area contributed by atoms with E-state index in [1.807, 2.05) is 0 Å². The molecule has 21 heavy (non-hydrogen) atoms. The lowest BCUT2D eigenvalue weighted by Crippen LogP contribution is -2.58. The third kappa shape index (κ3) is 1.69. The Hall–Kier alpha value is -0.980. The van der Waals surface area contributed by atoms with Gasteiger partial charge in [0, 0.05) is 16.8 Å². The minimum Gasteiger partial charge on any atom is -0.360 e. The third-order valence-corrected chi connectivity index (χ3v) is 7.37. The van der Waals surface area contributed by atoms with Gasteiger partial charge in [-0.1, -0.05) is 18.2 Å². The second-order valence-corrected chi connectivity index (χ2v) is 8.41. The molecular weight excluding hydrogens is 254 g/mol. The van der Waals surface area contributed by atoms with Crippen molar-refractivity contribution in [2.45, 2.75) is 75.3 Å². The molecule has 0 amide bonds. The molecule has 4 aliphatic rings. The Morgan fingerprint density at radius 1 is 0.714 bits per heavy atom. The summed E-state index contributed by atoms with van der Waals surface area (Å²) in [5.74, 6) is 2.07. The summed E-state index contributed by atoms with van der Waals surface area (Å²) < 4.78 is 0. The highest BCUT2D eigenvalue weighted by Gasteiger charge is 2.58. The molecule has 1 nitrogen and oxygen atoms in total. The molecule has 0 N–H and O–H groups in total. The van der Waals surface area contributed by atoms with E-state index in [9.17, 15) is 0 Å². The standard InChI is InChI=1S/C20H27N/c1-2-4-18(5-3-1)21(19-10-6-16(14-19)7-11-19)20-12-8-17(15-20)9-13-20/h1-5,16-17H,6-15H2. The molecule has 4 saturated carbocycles. The van der Waals surface area contributed by atoms with Crippen LogP contribution in [0.5, 0.6) is 0 Å². The zero-order chi connectivity index (χ0) is 13.9. The number of hydrogen-bond donors (Lipinski definition) is 0. The van der Waals surface area contributed by atoms with Crippen LogP contribution in [0.1, 0.15) is 64.2 Å². The molecule has 0 heterocycles. The Bertz CT molecular complexity index is 488. The second-order valence-electron chi connectivity index (χ2n) is 8.41. The predicted octanol–water partition coefficient (Wildman–Crippen LogP) is 5.16. The Labute approximate surface area is 128 Å². The molecule has 112 valence electrons. The number of benzene rings is 1. The van der Waals surface area contributed by atoms with Crippen LogP contribution in [-0.4, -0.2) is 11.1 Å². The first-order valence-corrected chi connectivity index (χ1v) is 9.15. The van der Waals surface area contributed by atoms with Crippen molar-refractivity contribution in [1.29, 1.82) is 0 Å². The van der Waals surface area contributed by atoms with Gasteiger partial charge in [-0.3, -0.25) is 0 Å². The van der Waals surface area contributed by atoms with Gasteiger partial charge in [-0.05, 0) is 88.2 Å². The zero-order valence-corrected chi connectivity index (χ0v) is 13.1. The minimum absolute atomic E-state index is 0.519. The fourth-order valence-electron chi connectivity index (χ4n) is 6.58. The Morgan fingerprint density at radius 3 is 1.57 bits per heavy atom. The van der Waals surface area contributed by atoms with E-state index < -0.39 is 0 Å². The molecule has 0 atom stereocenters. The number of fused-ring (bicyclic) bond motifs is 4. The lowest BCUT2D eigenvalue weighted by Gasteiger charge is -2.52. The van der Waals surface area contributed by atoms with Crippen LogP contribution in [-0.2, 0) is 0 Å². The van der Waals surface area contributed by atoms with Gasteiger partial charge >= 0.3 is 0 Å². The molecule has 0 saturated heterocycles. The fraction of sp³-hybridized carbons (Fsp3) is 0.700. The molecule has 4 bridgehead atoms. The molecule has 1 aromatic rings. The molecule has 4 aliphatic carbocycles. The van der Waals surface area contributed by atoms with Crippen molar-refractivity contribution in [2.24, 2.45) is 11.8 Å². The van der Waals surface area contributed by atoms with E-state index in [0.29, 0.717) is 11.1 Å². The van der Waals surface area contributed by atoms with Crippen LogP contribution in [0.2, 0.25) is 0 Å². The monoisotopic (exact) mass is 281 g/mol. The van der Waals surface area contributed by atoms with Gasteiger partial charge in [-0.2, -0.15) is 0 Å². The maximum absolute atomic E-state index is 3.00. The van der Waals surface area contributed by atoms with Crippen molar-refractivity contribution in [1.82, 2.24) is 0 Å². The summed E-state index contributed by atoms with van der Waals surface area (Å²) in [4.78, 5) is 3.00. The highest BCUT2D eigenvalue weighted by Crippen LogP contribution is 2.60. The normalized spacial score (nSPS) is 43.6. The highest BCUT2D eigenvalue weighted by molar-refractivity contribution is 5.54. The van der Waals surface area contributed by atoms with Crippen LogP contribution >= 0.6 is 0 Å². The number of nitrogens with zero attached hydrogens (tertiary/aromatic N) is 1. The van der Waals surface area contributed by atoms with E-state index in [0.717, 1.165) is 11.8 Å². The van der Waals surface area contributed by atoms with Crippen LogP contribution < -0.4 is 4.90 Å². The van der Waals surface area contributed by atoms with E-state index >= 15 is 0 Å². The van der Waals surface area contributed by atoms with Crippen molar-refractivity contribution in [2.75, 3.05) is 4.90 Å². The van der Waals surface area contributed by atoms with Crippen molar-refractivity contribution in [3.05, 3.63) is 30.3 Å². The quantitative estimate of drug-likeness (QED) is 0.740. The summed E-state index contributed by atoms with van der Waals surface area (Å²) >= 11 is 0. The molecule has 1 aromatic carbocycles. The van der Waals surface area contributed by atoms with E-state index in [-0.39, 0.29) is 0 Å². The van der Waals surface area contributed by atoms with Crippen LogP contribution in [0.3, 0.4) is 0 Å². The van der Waals surface area contributed by atoms with Gasteiger partial charge in [0.1, 0.15) is 0 Å². The Kier molecular flexibility index (Phi) is 2.55. The number of para-hydroxylation sites is 1. The topological polar surface area (TPSA) is 3.24 Å². The predicted molar refractivity (Wildman–Crippen MR) is 87.5 cm³/mol. The maximum atomic E-state index is 3.00. The molecule has 4 fully saturated rings.